The van der Waals surface area contributed by atoms with Gasteiger partial charge in [-0.25, -0.2) is 13.8 Å². The highest BCUT2D eigenvalue weighted by Crippen LogP contribution is 2.25. The van der Waals surface area contributed by atoms with Gasteiger partial charge >= 0.3 is 0 Å². The topological polar surface area (TPSA) is 22.1 Å². The van der Waals surface area contributed by atoms with Crippen molar-refractivity contribution in [1.29, 1.82) is 0 Å². The molecule has 0 radical (unpaired) electrons. The number of ether oxygens (including phenoxy) is 1. The molecule has 0 aliphatic heterocycles. The highest BCUT2D eigenvalue weighted by Gasteiger charge is 2.07. The Kier molecular flexibility index (Phi) is 3.87. The third-order valence-electron chi connectivity index (χ3n) is 1.14. The quantitative estimate of drug-likeness (QED) is 0.789. The Morgan fingerprint density at radius 1 is 1.62 bits per heavy atom. The van der Waals surface area contributed by atoms with Crippen LogP contribution in [0.1, 0.15) is 0 Å². The standard InChI is InChI=1S/C7H5BrClF2NO/c8-4-1-5(7(9)12-2-4)13-3-6(10)11/h1-2,6H,3H2. The first-order chi connectivity index (χ1) is 6.09. The Labute approximate surface area is 87.0 Å². The molecule has 0 unspecified atom stereocenters. The zero-order valence-electron chi connectivity index (χ0n) is 6.31. The van der Waals surface area contributed by atoms with Gasteiger partial charge in [-0.15, -0.1) is 0 Å². The summed E-state index contributed by atoms with van der Waals surface area (Å²) < 4.78 is 28.8. The molecule has 2 nitrogen and oxygen atoms in total. The van der Waals surface area contributed by atoms with Crippen LogP contribution in [0.2, 0.25) is 5.15 Å². The first-order valence-corrected chi connectivity index (χ1v) is 4.48. The predicted molar refractivity (Wildman–Crippen MR) is 48.4 cm³/mol. The number of aromatic nitrogens is 1. The Morgan fingerprint density at radius 3 is 2.92 bits per heavy atom. The van der Waals surface area contributed by atoms with Crippen molar-refractivity contribution in [2.24, 2.45) is 0 Å². The maximum absolute atomic E-state index is 11.8. The van der Waals surface area contributed by atoms with E-state index in [1.807, 2.05) is 0 Å². The van der Waals surface area contributed by atoms with E-state index in [4.69, 9.17) is 16.3 Å². The van der Waals surface area contributed by atoms with Crippen LogP contribution in [0.4, 0.5) is 8.78 Å². The van der Waals surface area contributed by atoms with Crippen LogP contribution >= 0.6 is 27.5 Å². The van der Waals surface area contributed by atoms with Gasteiger partial charge in [-0.3, -0.25) is 0 Å². The molecule has 1 aromatic rings. The van der Waals surface area contributed by atoms with Crippen molar-refractivity contribution in [2.75, 3.05) is 6.61 Å². The molecule has 0 aliphatic carbocycles. The Hall–Kier alpha value is -0.420. The number of rotatable bonds is 3. The highest BCUT2D eigenvalue weighted by molar-refractivity contribution is 9.10. The van der Waals surface area contributed by atoms with Crippen molar-refractivity contribution in [2.45, 2.75) is 6.43 Å². The van der Waals surface area contributed by atoms with E-state index in [2.05, 4.69) is 20.9 Å². The van der Waals surface area contributed by atoms with Crippen molar-refractivity contribution in [3.63, 3.8) is 0 Å². The maximum atomic E-state index is 11.8. The maximum Gasteiger partial charge on any atom is 0.272 e. The fourth-order valence-electron chi connectivity index (χ4n) is 0.658. The van der Waals surface area contributed by atoms with E-state index >= 15 is 0 Å². The molecule has 13 heavy (non-hydrogen) atoms. The zero-order valence-corrected chi connectivity index (χ0v) is 8.65. The highest BCUT2D eigenvalue weighted by atomic mass is 79.9. The molecular formula is C7H5BrClF2NO. The zero-order chi connectivity index (χ0) is 9.84. The van der Waals surface area contributed by atoms with Gasteiger partial charge in [0, 0.05) is 10.7 Å². The summed E-state index contributed by atoms with van der Waals surface area (Å²) in [7, 11) is 0. The second kappa shape index (κ2) is 4.72. The first kappa shape index (κ1) is 10.7. The molecule has 1 aromatic heterocycles. The lowest BCUT2D eigenvalue weighted by Gasteiger charge is -2.06. The number of nitrogens with zero attached hydrogens (tertiary/aromatic N) is 1. The number of pyridine rings is 1. The average Bonchev–Trinajstić information content (AvgIpc) is 2.06. The normalized spacial score (nSPS) is 10.5. The molecule has 0 aliphatic rings. The Bertz CT molecular complexity index is 298. The molecule has 0 atom stereocenters. The molecule has 0 N–H and O–H groups in total. The van der Waals surface area contributed by atoms with Gasteiger partial charge in [-0.2, -0.15) is 0 Å². The van der Waals surface area contributed by atoms with Crippen LogP contribution in [-0.2, 0) is 0 Å². The second-order valence-electron chi connectivity index (χ2n) is 2.14. The van der Waals surface area contributed by atoms with E-state index in [1.54, 1.807) is 0 Å². The number of hydrogen-bond donors (Lipinski definition) is 0. The van der Waals surface area contributed by atoms with E-state index in [0.29, 0.717) is 4.47 Å². The van der Waals surface area contributed by atoms with Crippen LogP contribution in [0.25, 0.3) is 0 Å². The molecule has 0 saturated heterocycles. The average molecular weight is 272 g/mol. The van der Waals surface area contributed by atoms with Gasteiger partial charge in [0.2, 0.25) is 0 Å². The van der Waals surface area contributed by atoms with Gasteiger partial charge in [-0.05, 0) is 22.0 Å². The second-order valence-corrected chi connectivity index (χ2v) is 3.42. The molecule has 0 fully saturated rings. The van der Waals surface area contributed by atoms with Gasteiger partial charge in [0.15, 0.2) is 10.9 Å². The van der Waals surface area contributed by atoms with E-state index < -0.39 is 13.0 Å². The van der Waals surface area contributed by atoms with Gasteiger partial charge in [0.05, 0.1) is 0 Å². The minimum atomic E-state index is -2.52. The van der Waals surface area contributed by atoms with E-state index in [1.165, 1.54) is 12.3 Å². The molecule has 1 rings (SSSR count). The molecular weight excluding hydrogens is 267 g/mol. The Morgan fingerprint density at radius 2 is 2.31 bits per heavy atom. The van der Waals surface area contributed by atoms with E-state index in [0.717, 1.165) is 0 Å². The fourth-order valence-corrected chi connectivity index (χ4v) is 1.13. The SMILES string of the molecule is FC(F)COc1cc(Br)cnc1Cl. The van der Waals surface area contributed by atoms with Crippen molar-refractivity contribution >= 4 is 27.5 Å². The summed E-state index contributed by atoms with van der Waals surface area (Å²) in [5.74, 6) is 0.149. The minimum absolute atomic E-state index is 0.0730. The molecule has 0 bridgehead atoms. The van der Waals surface area contributed by atoms with E-state index in [-0.39, 0.29) is 10.9 Å². The van der Waals surface area contributed by atoms with Gasteiger partial charge in [0.25, 0.3) is 6.43 Å². The van der Waals surface area contributed by atoms with Crippen LogP contribution in [0.5, 0.6) is 5.75 Å². The summed E-state index contributed by atoms with van der Waals surface area (Å²) in [5.41, 5.74) is 0. The summed E-state index contributed by atoms with van der Waals surface area (Å²) in [6.07, 6.45) is -1.06. The van der Waals surface area contributed by atoms with E-state index in [9.17, 15) is 8.78 Å². The Balaban J connectivity index is 2.70. The van der Waals surface area contributed by atoms with Crippen molar-refractivity contribution in [3.8, 4) is 5.75 Å². The summed E-state index contributed by atoms with van der Waals surface area (Å²) in [4.78, 5) is 3.71. The third kappa shape index (κ3) is 3.44. The van der Waals surface area contributed by atoms with Crippen molar-refractivity contribution in [1.82, 2.24) is 4.98 Å². The fraction of sp³-hybridized carbons (Fsp3) is 0.286. The first-order valence-electron chi connectivity index (χ1n) is 3.31. The predicted octanol–water partition coefficient (Wildman–Crippen LogP) is 3.14. The lowest BCUT2D eigenvalue weighted by Crippen LogP contribution is -2.07. The lowest BCUT2D eigenvalue weighted by atomic mass is 10.5. The van der Waals surface area contributed by atoms with Crippen LogP contribution in [-0.4, -0.2) is 18.0 Å². The number of alkyl halides is 2. The minimum Gasteiger partial charge on any atom is -0.484 e. The van der Waals surface area contributed by atoms with Gasteiger partial charge in [-0.1, -0.05) is 11.6 Å². The molecule has 6 heteroatoms. The smallest absolute Gasteiger partial charge is 0.272 e. The van der Waals surface area contributed by atoms with Crippen LogP contribution in [0.3, 0.4) is 0 Å². The molecule has 0 amide bonds. The summed E-state index contributed by atoms with van der Waals surface area (Å²) in [6, 6.07) is 1.48. The summed E-state index contributed by atoms with van der Waals surface area (Å²) >= 11 is 8.69. The van der Waals surface area contributed by atoms with Crippen LogP contribution in [0.15, 0.2) is 16.7 Å². The summed E-state index contributed by atoms with van der Waals surface area (Å²) in [5, 5.41) is 0.0730. The molecule has 72 valence electrons. The summed E-state index contributed by atoms with van der Waals surface area (Å²) in [6.45, 7) is -0.683. The van der Waals surface area contributed by atoms with Crippen molar-refractivity contribution < 1.29 is 13.5 Å². The largest absolute Gasteiger partial charge is 0.484 e. The van der Waals surface area contributed by atoms with Gasteiger partial charge < -0.3 is 4.74 Å². The molecule has 0 aromatic carbocycles. The molecule has 0 spiro atoms. The lowest BCUT2D eigenvalue weighted by molar-refractivity contribution is 0.0817. The number of hydrogen-bond acceptors (Lipinski definition) is 2. The van der Waals surface area contributed by atoms with Crippen LogP contribution < -0.4 is 4.74 Å². The van der Waals surface area contributed by atoms with Crippen molar-refractivity contribution in [3.05, 3.63) is 21.9 Å². The number of halogens is 4. The third-order valence-corrected chi connectivity index (χ3v) is 1.86. The molecule has 0 saturated carbocycles. The van der Waals surface area contributed by atoms with Gasteiger partial charge in [0.1, 0.15) is 6.61 Å². The molecule has 1 heterocycles. The monoisotopic (exact) mass is 271 g/mol. The van der Waals surface area contributed by atoms with Crippen LogP contribution in [0, 0.1) is 0 Å².